The second-order valence-electron chi connectivity index (χ2n) is 4.47. The van der Waals surface area contributed by atoms with Gasteiger partial charge in [-0.05, 0) is 11.6 Å². The Morgan fingerprint density at radius 2 is 2.22 bits per heavy atom. The van der Waals surface area contributed by atoms with Gasteiger partial charge in [0, 0.05) is 31.1 Å². The molecule has 0 fully saturated rings. The van der Waals surface area contributed by atoms with Gasteiger partial charge in [-0.3, -0.25) is 4.90 Å². The van der Waals surface area contributed by atoms with E-state index >= 15 is 0 Å². The van der Waals surface area contributed by atoms with Crippen molar-refractivity contribution in [3.05, 3.63) is 46.3 Å². The van der Waals surface area contributed by atoms with Crippen LogP contribution in [-0.2, 0) is 19.5 Å². The van der Waals surface area contributed by atoms with Gasteiger partial charge in [0.15, 0.2) is 0 Å². The number of nitrogen functional groups attached to an aromatic ring is 1. The van der Waals surface area contributed by atoms with E-state index in [9.17, 15) is 0 Å². The number of oxazole rings is 1. The van der Waals surface area contributed by atoms with Crippen LogP contribution in [0.3, 0.4) is 0 Å². The molecule has 5 heteroatoms. The van der Waals surface area contributed by atoms with Crippen molar-refractivity contribution in [2.75, 3.05) is 12.3 Å². The highest BCUT2D eigenvalue weighted by atomic mass is 35.5. The molecule has 0 saturated heterocycles. The van der Waals surface area contributed by atoms with Gasteiger partial charge in [-0.15, -0.1) is 0 Å². The van der Waals surface area contributed by atoms with Crippen LogP contribution >= 0.6 is 11.6 Å². The SMILES string of the molecule is Nc1nc2c(o1)CCN(Cc1ccccc1Cl)C2. The summed E-state index contributed by atoms with van der Waals surface area (Å²) in [4.78, 5) is 6.50. The predicted molar refractivity (Wildman–Crippen MR) is 70.2 cm³/mol. The highest BCUT2D eigenvalue weighted by molar-refractivity contribution is 6.31. The summed E-state index contributed by atoms with van der Waals surface area (Å²) in [7, 11) is 0. The first-order valence-corrected chi connectivity index (χ1v) is 6.30. The molecule has 0 atom stereocenters. The van der Waals surface area contributed by atoms with E-state index < -0.39 is 0 Å². The van der Waals surface area contributed by atoms with E-state index in [0.29, 0.717) is 0 Å². The van der Waals surface area contributed by atoms with Gasteiger partial charge >= 0.3 is 0 Å². The Balaban J connectivity index is 1.75. The van der Waals surface area contributed by atoms with E-state index in [2.05, 4.69) is 16.0 Å². The Labute approximate surface area is 110 Å². The molecule has 0 saturated carbocycles. The highest BCUT2D eigenvalue weighted by Gasteiger charge is 2.21. The molecule has 94 valence electrons. The fraction of sp³-hybridized carbons (Fsp3) is 0.308. The zero-order valence-corrected chi connectivity index (χ0v) is 10.7. The molecule has 0 radical (unpaired) electrons. The van der Waals surface area contributed by atoms with Gasteiger partial charge in [0.2, 0.25) is 0 Å². The maximum Gasteiger partial charge on any atom is 0.292 e. The first-order valence-electron chi connectivity index (χ1n) is 5.92. The summed E-state index contributed by atoms with van der Waals surface area (Å²) >= 11 is 6.17. The molecule has 2 heterocycles. The van der Waals surface area contributed by atoms with Crippen molar-refractivity contribution in [1.29, 1.82) is 0 Å². The molecule has 0 aliphatic carbocycles. The van der Waals surface area contributed by atoms with E-state index in [1.54, 1.807) is 0 Å². The van der Waals surface area contributed by atoms with E-state index in [1.807, 2.05) is 18.2 Å². The number of aromatic nitrogens is 1. The lowest BCUT2D eigenvalue weighted by Gasteiger charge is -2.25. The molecular formula is C13H14ClN3O. The van der Waals surface area contributed by atoms with Crippen molar-refractivity contribution in [1.82, 2.24) is 9.88 Å². The fourth-order valence-electron chi connectivity index (χ4n) is 2.28. The molecule has 0 spiro atoms. The van der Waals surface area contributed by atoms with E-state index in [4.69, 9.17) is 21.8 Å². The van der Waals surface area contributed by atoms with Crippen LogP contribution in [0.4, 0.5) is 6.01 Å². The molecule has 0 amide bonds. The van der Waals surface area contributed by atoms with Gasteiger partial charge in [0.1, 0.15) is 5.76 Å². The lowest BCUT2D eigenvalue weighted by molar-refractivity contribution is 0.232. The van der Waals surface area contributed by atoms with Crippen molar-refractivity contribution in [2.24, 2.45) is 0 Å². The number of hydrogen-bond donors (Lipinski definition) is 1. The smallest absolute Gasteiger partial charge is 0.292 e. The first kappa shape index (κ1) is 11.6. The Morgan fingerprint density at radius 3 is 3.06 bits per heavy atom. The van der Waals surface area contributed by atoms with Crippen molar-refractivity contribution >= 4 is 17.6 Å². The van der Waals surface area contributed by atoms with Crippen LogP contribution in [0.25, 0.3) is 0 Å². The normalized spacial score (nSPS) is 15.6. The number of benzene rings is 1. The van der Waals surface area contributed by atoms with Gasteiger partial charge in [-0.1, -0.05) is 29.8 Å². The molecule has 1 aliphatic heterocycles. The monoisotopic (exact) mass is 263 g/mol. The zero-order chi connectivity index (χ0) is 12.5. The Morgan fingerprint density at radius 1 is 1.39 bits per heavy atom. The van der Waals surface area contributed by atoms with Crippen LogP contribution in [0.1, 0.15) is 17.0 Å². The van der Waals surface area contributed by atoms with E-state index in [1.165, 1.54) is 0 Å². The van der Waals surface area contributed by atoms with Crippen LogP contribution in [0, 0.1) is 0 Å². The number of fused-ring (bicyclic) bond motifs is 1. The zero-order valence-electron chi connectivity index (χ0n) is 9.90. The van der Waals surface area contributed by atoms with Crippen molar-refractivity contribution < 1.29 is 4.42 Å². The minimum absolute atomic E-state index is 0.264. The van der Waals surface area contributed by atoms with Crippen LogP contribution in [-0.4, -0.2) is 16.4 Å². The number of rotatable bonds is 2. The van der Waals surface area contributed by atoms with Crippen LogP contribution in [0.5, 0.6) is 0 Å². The topological polar surface area (TPSA) is 55.3 Å². The van der Waals surface area contributed by atoms with Gasteiger partial charge < -0.3 is 10.2 Å². The number of hydrogen-bond acceptors (Lipinski definition) is 4. The van der Waals surface area contributed by atoms with Crippen molar-refractivity contribution in [3.63, 3.8) is 0 Å². The minimum atomic E-state index is 0.264. The maximum absolute atomic E-state index is 6.17. The molecule has 3 rings (SSSR count). The Kier molecular flexibility index (Phi) is 2.97. The summed E-state index contributed by atoms with van der Waals surface area (Å²) in [6, 6.07) is 8.18. The summed E-state index contributed by atoms with van der Waals surface area (Å²) in [5.74, 6) is 0.919. The highest BCUT2D eigenvalue weighted by Crippen LogP contribution is 2.24. The van der Waals surface area contributed by atoms with E-state index in [-0.39, 0.29) is 6.01 Å². The van der Waals surface area contributed by atoms with Crippen LogP contribution < -0.4 is 5.73 Å². The third kappa shape index (κ3) is 2.21. The van der Waals surface area contributed by atoms with Gasteiger partial charge in [0.05, 0.1) is 5.69 Å². The van der Waals surface area contributed by atoms with Crippen molar-refractivity contribution in [3.8, 4) is 0 Å². The third-order valence-electron chi connectivity index (χ3n) is 3.18. The molecule has 2 aromatic rings. The lowest BCUT2D eigenvalue weighted by atomic mass is 10.1. The molecule has 1 aliphatic rings. The standard InChI is InChI=1S/C13H14ClN3O/c14-10-4-2-1-3-9(10)7-17-6-5-12-11(8-17)16-13(15)18-12/h1-4H,5-8H2,(H2,15,16). The number of halogens is 1. The average Bonchev–Trinajstić information content (AvgIpc) is 2.71. The average molecular weight is 264 g/mol. The van der Waals surface area contributed by atoms with Gasteiger partial charge in [-0.25, -0.2) is 0 Å². The van der Waals surface area contributed by atoms with E-state index in [0.717, 1.165) is 48.1 Å². The second kappa shape index (κ2) is 4.63. The number of nitrogens with two attached hydrogens (primary N) is 1. The number of nitrogens with zero attached hydrogens (tertiary/aromatic N) is 2. The first-order chi connectivity index (χ1) is 8.72. The Bertz CT molecular complexity index is 567. The summed E-state index contributed by atoms with van der Waals surface area (Å²) < 4.78 is 5.34. The molecule has 2 N–H and O–H groups in total. The largest absolute Gasteiger partial charge is 0.429 e. The quantitative estimate of drug-likeness (QED) is 0.904. The summed E-state index contributed by atoms with van der Waals surface area (Å²) in [6.07, 6.45) is 0.851. The minimum Gasteiger partial charge on any atom is -0.429 e. The molecule has 0 bridgehead atoms. The van der Waals surface area contributed by atoms with Crippen molar-refractivity contribution in [2.45, 2.75) is 19.5 Å². The molecular weight excluding hydrogens is 250 g/mol. The van der Waals surface area contributed by atoms with Crippen LogP contribution in [0.15, 0.2) is 28.7 Å². The summed E-state index contributed by atoms with van der Waals surface area (Å²) in [5, 5.41) is 0.808. The summed E-state index contributed by atoms with van der Waals surface area (Å²) in [5.41, 5.74) is 7.65. The molecule has 18 heavy (non-hydrogen) atoms. The molecule has 0 unspecified atom stereocenters. The van der Waals surface area contributed by atoms with Crippen LogP contribution in [0.2, 0.25) is 5.02 Å². The summed E-state index contributed by atoms with van der Waals surface area (Å²) in [6.45, 7) is 2.53. The number of anilines is 1. The van der Waals surface area contributed by atoms with Gasteiger partial charge in [-0.2, -0.15) is 4.98 Å². The molecule has 1 aromatic heterocycles. The molecule has 4 nitrogen and oxygen atoms in total. The second-order valence-corrected chi connectivity index (χ2v) is 4.88. The van der Waals surface area contributed by atoms with Gasteiger partial charge in [0.25, 0.3) is 6.01 Å². The predicted octanol–water partition coefficient (Wildman–Crippen LogP) is 2.47. The Hall–Kier alpha value is -1.52. The lowest BCUT2D eigenvalue weighted by Crippen LogP contribution is -2.29. The third-order valence-corrected chi connectivity index (χ3v) is 3.54. The molecule has 1 aromatic carbocycles. The fourth-order valence-corrected chi connectivity index (χ4v) is 2.47. The maximum atomic E-state index is 6.17.